The number of aromatic nitrogens is 3. The van der Waals surface area contributed by atoms with Gasteiger partial charge in [0.05, 0.1) is 26.0 Å². The molecule has 1 fully saturated rings. The summed E-state index contributed by atoms with van der Waals surface area (Å²) in [4.78, 5) is 2.43. The second kappa shape index (κ2) is 7.45. The number of rotatable bonds is 7. The third-order valence-electron chi connectivity index (χ3n) is 3.31. The summed E-state index contributed by atoms with van der Waals surface area (Å²) >= 11 is 0. The predicted molar refractivity (Wildman–Crippen MR) is 67.1 cm³/mol. The van der Waals surface area contributed by atoms with E-state index in [9.17, 15) is 0 Å². The van der Waals surface area contributed by atoms with E-state index in [2.05, 4.69) is 15.2 Å². The van der Waals surface area contributed by atoms with Gasteiger partial charge in [-0.05, 0) is 25.3 Å². The van der Waals surface area contributed by atoms with Gasteiger partial charge in [-0.2, -0.15) is 0 Å². The minimum Gasteiger partial charge on any atom is -0.394 e. The molecule has 1 aromatic rings. The standard InChI is InChI=1S/C12H22N4O2/c17-7-9-18-8-6-15-4-1-2-12(10-15)11-16-5-3-13-14-16/h3,5,12,17H,1-2,4,6-11H2. The second-order valence-electron chi connectivity index (χ2n) is 4.77. The van der Waals surface area contributed by atoms with Gasteiger partial charge < -0.3 is 14.7 Å². The Bertz CT molecular complexity index is 318. The van der Waals surface area contributed by atoms with Crippen LogP contribution in [0.25, 0.3) is 0 Å². The molecule has 0 amide bonds. The summed E-state index contributed by atoms with van der Waals surface area (Å²) in [7, 11) is 0. The number of nitrogens with zero attached hydrogens (tertiary/aromatic N) is 4. The van der Waals surface area contributed by atoms with Gasteiger partial charge in [0.2, 0.25) is 0 Å². The van der Waals surface area contributed by atoms with E-state index in [-0.39, 0.29) is 6.61 Å². The Labute approximate surface area is 108 Å². The Balaban J connectivity index is 1.67. The van der Waals surface area contributed by atoms with E-state index in [0.717, 1.165) is 26.2 Å². The van der Waals surface area contributed by atoms with E-state index in [4.69, 9.17) is 9.84 Å². The molecule has 0 saturated carbocycles. The fraction of sp³-hybridized carbons (Fsp3) is 0.833. The third-order valence-corrected chi connectivity index (χ3v) is 3.31. The SMILES string of the molecule is OCCOCCN1CCCC(Cn2ccnn2)C1. The van der Waals surface area contributed by atoms with Crippen LogP contribution in [0.3, 0.4) is 0 Å². The predicted octanol–water partition coefficient (Wildman–Crippen LogP) is -0.001000. The molecule has 18 heavy (non-hydrogen) atoms. The van der Waals surface area contributed by atoms with Crippen LogP contribution in [0.2, 0.25) is 0 Å². The zero-order chi connectivity index (χ0) is 12.6. The van der Waals surface area contributed by atoms with Gasteiger partial charge in [-0.15, -0.1) is 5.10 Å². The van der Waals surface area contributed by atoms with Gasteiger partial charge in [0.25, 0.3) is 0 Å². The van der Waals surface area contributed by atoms with Crippen LogP contribution >= 0.6 is 0 Å². The second-order valence-corrected chi connectivity index (χ2v) is 4.77. The first kappa shape index (κ1) is 13.5. The molecule has 1 saturated heterocycles. The monoisotopic (exact) mass is 254 g/mol. The maximum Gasteiger partial charge on any atom is 0.0698 e. The highest BCUT2D eigenvalue weighted by Gasteiger charge is 2.20. The first-order valence-corrected chi connectivity index (χ1v) is 6.63. The number of aliphatic hydroxyl groups excluding tert-OH is 1. The highest BCUT2D eigenvalue weighted by molar-refractivity contribution is 4.74. The Morgan fingerprint density at radius 2 is 2.33 bits per heavy atom. The summed E-state index contributed by atoms with van der Waals surface area (Å²) in [5, 5.41) is 16.5. The highest BCUT2D eigenvalue weighted by atomic mass is 16.5. The number of hydrogen-bond acceptors (Lipinski definition) is 5. The molecule has 1 N–H and O–H groups in total. The quantitative estimate of drug-likeness (QED) is 0.694. The van der Waals surface area contributed by atoms with Crippen molar-refractivity contribution in [1.82, 2.24) is 19.9 Å². The summed E-state index contributed by atoms with van der Waals surface area (Å²) < 4.78 is 7.22. The van der Waals surface area contributed by atoms with Gasteiger partial charge in [-0.3, -0.25) is 4.68 Å². The molecule has 1 atom stereocenters. The van der Waals surface area contributed by atoms with Crippen molar-refractivity contribution < 1.29 is 9.84 Å². The van der Waals surface area contributed by atoms with Crippen LogP contribution in [0.4, 0.5) is 0 Å². The van der Waals surface area contributed by atoms with Crippen molar-refractivity contribution in [3.8, 4) is 0 Å². The molecular weight excluding hydrogens is 232 g/mol. The molecule has 6 heteroatoms. The molecule has 0 spiro atoms. The minimum absolute atomic E-state index is 0.106. The topological polar surface area (TPSA) is 63.4 Å². The number of hydrogen-bond donors (Lipinski definition) is 1. The molecular formula is C12H22N4O2. The van der Waals surface area contributed by atoms with E-state index in [0.29, 0.717) is 19.1 Å². The van der Waals surface area contributed by atoms with Crippen LogP contribution < -0.4 is 0 Å². The van der Waals surface area contributed by atoms with Crippen LogP contribution in [0, 0.1) is 5.92 Å². The van der Waals surface area contributed by atoms with Crippen LogP contribution in [0.15, 0.2) is 12.4 Å². The molecule has 1 aromatic heterocycles. The molecule has 0 aliphatic carbocycles. The van der Waals surface area contributed by atoms with Gasteiger partial charge in [0.1, 0.15) is 0 Å². The van der Waals surface area contributed by atoms with Gasteiger partial charge >= 0.3 is 0 Å². The van der Waals surface area contributed by atoms with Gasteiger partial charge in [-0.1, -0.05) is 5.21 Å². The van der Waals surface area contributed by atoms with Crippen molar-refractivity contribution in [2.75, 3.05) is 39.5 Å². The van der Waals surface area contributed by atoms with E-state index in [1.807, 2.05) is 10.9 Å². The summed E-state index contributed by atoms with van der Waals surface area (Å²) in [5.41, 5.74) is 0. The number of piperidine rings is 1. The van der Waals surface area contributed by atoms with Crippen LogP contribution in [0.1, 0.15) is 12.8 Å². The number of ether oxygens (including phenoxy) is 1. The Morgan fingerprint density at radius 1 is 1.39 bits per heavy atom. The number of likely N-dealkylation sites (tertiary alicyclic amines) is 1. The lowest BCUT2D eigenvalue weighted by Crippen LogP contribution is -2.39. The molecule has 1 aliphatic heterocycles. The van der Waals surface area contributed by atoms with Crippen molar-refractivity contribution in [2.45, 2.75) is 19.4 Å². The van der Waals surface area contributed by atoms with Crippen LogP contribution in [0.5, 0.6) is 0 Å². The molecule has 2 heterocycles. The van der Waals surface area contributed by atoms with Crippen molar-refractivity contribution in [3.63, 3.8) is 0 Å². The molecule has 2 rings (SSSR count). The van der Waals surface area contributed by atoms with Crippen LogP contribution in [-0.4, -0.2) is 64.5 Å². The summed E-state index contributed by atoms with van der Waals surface area (Å²) in [6.45, 7) is 5.41. The highest BCUT2D eigenvalue weighted by Crippen LogP contribution is 2.17. The van der Waals surface area contributed by atoms with E-state index >= 15 is 0 Å². The first-order chi connectivity index (χ1) is 8.88. The maximum absolute atomic E-state index is 8.63. The average Bonchev–Trinajstić information content (AvgIpc) is 2.88. The molecule has 6 nitrogen and oxygen atoms in total. The fourth-order valence-corrected chi connectivity index (χ4v) is 2.46. The van der Waals surface area contributed by atoms with Crippen LogP contribution in [-0.2, 0) is 11.3 Å². The first-order valence-electron chi connectivity index (χ1n) is 6.63. The van der Waals surface area contributed by atoms with Gasteiger partial charge in [0, 0.05) is 25.8 Å². The smallest absolute Gasteiger partial charge is 0.0698 e. The molecule has 1 unspecified atom stereocenters. The third kappa shape index (κ3) is 4.36. The molecule has 0 bridgehead atoms. The minimum atomic E-state index is 0.106. The lowest BCUT2D eigenvalue weighted by molar-refractivity contribution is 0.0606. The number of aliphatic hydroxyl groups is 1. The summed E-state index contributed by atoms with van der Waals surface area (Å²) in [6, 6.07) is 0. The normalized spacial score (nSPS) is 21.3. The maximum atomic E-state index is 8.63. The zero-order valence-corrected chi connectivity index (χ0v) is 10.7. The van der Waals surface area contributed by atoms with Crippen molar-refractivity contribution in [3.05, 3.63) is 12.4 Å². The van der Waals surface area contributed by atoms with E-state index in [1.165, 1.54) is 12.8 Å². The fourth-order valence-electron chi connectivity index (χ4n) is 2.46. The Kier molecular flexibility index (Phi) is 5.57. The van der Waals surface area contributed by atoms with Crippen molar-refractivity contribution >= 4 is 0 Å². The van der Waals surface area contributed by atoms with E-state index in [1.54, 1.807) is 6.20 Å². The zero-order valence-electron chi connectivity index (χ0n) is 10.7. The Hall–Kier alpha value is -0.980. The summed E-state index contributed by atoms with van der Waals surface area (Å²) in [6.07, 6.45) is 6.14. The van der Waals surface area contributed by atoms with Gasteiger partial charge in [-0.25, -0.2) is 0 Å². The lowest BCUT2D eigenvalue weighted by Gasteiger charge is -2.32. The van der Waals surface area contributed by atoms with Crippen molar-refractivity contribution in [2.24, 2.45) is 5.92 Å². The lowest BCUT2D eigenvalue weighted by atomic mass is 9.98. The van der Waals surface area contributed by atoms with E-state index < -0.39 is 0 Å². The summed E-state index contributed by atoms with van der Waals surface area (Å²) in [5.74, 6) is 0.651. The average molecular weight is 254 g/mol. The molecule has 1 aliphatic rings. The molecule has 102 valence electrons. The Morgan fingerprint density at radius 3 is 3.11 bits per heavy atom. The molecule has 0 radical (unpaired) electrons. The van der Waals surface area contributed by atoms with Gasteiger partial charge in [0.15, 0.2) is 0 Å². The van der Waals surface area contributed by atoms with Crippen molar-refractivity contribution in [1.29, 1.82) is 0 Å². The largest absolute Gasteiger partial charge is 0.394 e. The molecule has 0 aromatic carbocycles.